The van der Waals surface area contributed by atoms with Crippen molar-refractivity contribution in [2.45, 2.75) is 30.7 Å². The summed E-state index contributed by atoms with van der Waals surface area (Å²) in [4.78, 5) is 2.49. The van der Waals surface area contributed by atoms with Crippen molar-refractivity contribution in [2.75, 3.05) is 11.4 Å². The number of benzene rings is 9. The van der Waals surface area contributed by atoms with Crippen molar-refractivity contribution in [2.24, 2.45) is 5.41 Å². The Morgan fingerprint density at radius 1 is 0.509 bits per heavy atom. The largest absolute Gasteiger partial charge is 0.361 e. The van der Waals surface area contributed by atoms with Crippen molar-refractivity contribution in [3.8, 4) is 0 Å². The molecule has 248 valence electrons. The molecule has 4 atom stereocenters. The molecule has 0 saturated carbocycles. The zero-order chi connectivity index (χ0) is 34.4. The van der Waals surface area contributed by atoms with Crippen molar-refractivity contribution < 1.29 is 4.39 Å². The topological polar surface area (TPSA) is 3.24 Å². The quantitative estimate of drug-likeness (QED) is 0.163. The molecule has 5 aliphatic carbocycles. The molecule has 1 spiro atoms. The van der Waals surface area contributed by atoms with Gasteiger partial charge in [-0.15, -0.1) is 0 Å². The minimum atomic E-state index is -0.287. The standard InChI is InChI=1S/C53H24FN/c54-29-8-4-5-9-30(29)55-18-28-27-16-25-14-22-12-23-11-20-10-21-13-24-15-26-17-53(28,52(55)19-6-2-1-3-7-19)51-37(26)42-36(24)41-32(21)31(20)39-35(23)40-33(22)34(25)43-38(27)50(51)49-47(42)45(41)44(39)46(40)48(43)49/h1-10,12-13,15-17,28,51-52H,11,14,18H2. The average molecular weight is 694 g/mol. The number of hydrogen-bond donors (Lipinski definition) is 0. The van der Waals surface area contributed by atoms with E-state index in [1.807, 2.05) is 18.2 Å². The number of para-hydroxylation sites is 1. The van der Waals surface area contributed by atoms with Crippen LogP contribution in [0.5, 0.6) is 0 Å². The second kappa shape index (κ2) is 6.93. The van der Waals surface area contributed by atoms with Gasteiger partial charge < -0.3 is 4.90 Å². The van der Waals surface area contributed by atoms with Crippen molar-refractivity contribution >= 4 is 119 Å². The normalized spacial score (nSPS) is 23.9. The molecular weight excluding hydrogens is 670 g/mol. The van der Waals surface area contributed by atoms with Gasteiger partial charge in [0.05, 0.1) is 11.7 Å². The summed E-state index contributed by atoms with van der Waals surface area (Å²) in [5.74, 6) is 0.277. The van der Waals surface area contributed by atoms with Gasteiger partial charge in [0.25, 0.3) is 0 Å². The first kappa shape index (κ1) is 24.9. The van der Waals surface area contributed by atoms with Gasteiger partial charge >= 0.3 is 0 Å². The molecule has 55 heavy (non-hydrogen) atoms. The fourth-order valence-electron chi connectivity index (χ4n) is 16.0. The molecule has 0 N–H and O–H groups in total. The smallest absolute Gasteiger partial charge is 0.146 e. The van der Waals surface area contributed by atoms with Crippen LogP contribution in [0.4, 0.5) is 10.1 Å². The van der Waals surface area contributed by atoms with Crippen LogP contribution in [0.1, 0.15) is 62.4 Å². The Bertz CT molecular complexity index is 4170. The van der Waals surface area contributed by atoms with E-state index in [1.165, 1.54) is 49.0 Å². The van der Waals surface area contributed by atoms with E-state index in [0.29, 0.717) is 0 Å². The van der Waals surface area contributed by atoms with Gasteiger partial charge in [0.1, 0.15) is 5.82 Å². The molecule has 2 heteroatoms. The van der Waals surface area contributed by atoms with E-state index >= 15 is 4.39 Å². The third-order valence-corrected chi connectivity index (χ3v) is 17.1. The van der Waals surface area contributed by atoms with Gasteiger partial charge in [-0.1, -0.05) is 66.7 Å². The molecule has 1 aliphatic heterocycles. The Labute approximate surface area is 310 Å². The van der Waals surface area contributed by atoms with Gasteiger partial charge in [-0.25, -0.2) is 4.39 Å². The Kier molecular flexibility index (Phi) is 3.14. The molecule has 1 nitrogen and oxygen atoms in total. The van der Waals surface area contributed by atoms with Crippen LogP contribution in [0.3, 0.4) is 0 Å². The van der Waals surface area contributed by atoms with Crippen LogP contribution in [0, 0.1) is 11.2 Å². The van der Waals surface area contributed by atoms with E-state index in [2.05, 4.69) is 71.6 Å². The minimum absolute atomic E-state index is 0.0292. The Morgan fingerprint density at radius 2 is 1.09 bits per heavy atom. The molecule has 0 amide bonds. The Balaban J connectivity index is 1.15. The molecule has 4 unspecified atom stereocenters. The Morgan fingerprint density at radius 3 is 1.91 bits per heavy atom. The zero-order valence-electron chi connectivity index (χ0n) is 29.3. The van der Waals surface area contributed by atoms with Gasteiger partial charge in [0.2, 0.25) is 0 Å². The second-order valence-corrected chi connectivity index (χ2v) is 18.6. The highest BCUT2D eigenvalue weighted by Gasteiger charge is 2.65. The molecule has 19 rings (SSSR count). The number of halogens is 1. The lowest BCUT2D eigenvalue weighted by molar-refractivity contribution is 0.303. The number of anilines is 1. The van der Waals surface area contributed by atoms with Crippen LogP contribution in [-0.4, -0.2) is 6.54 Å². The maximum atomic E-state index is 16.3. The van der Waals surface area contributed by atoms with E-state index in [-0.39, 0.29) is 29.1 Å². The first-order chi connectivity index (χ1) is 27.2. The van der Waals surface area contributed by atoms with Crippen molar-refractivity contribution in [3.05, 3.63) is 140 Å². The summed E-state index contributed by atoms with van der Waals surface area (Å²) in [7, 11) is 0. The molecule has 0 radical (unpaired) electrons. The first-order valence-electron chi connectivity index (χ1n) is 20.3. The predicted octanol–water partition coefficient (Wildman–Crippen LogP) is 12.1. The van der Waals surface area contributed by atoms with Crippen LogP contribution in [0.2, 0.25) is 0 Å². The lowest BCUT2D eigenvalue weighted by atomic mass is 9.55. The number of nitrogens with zero attached hydrogens (tertiary/aromatic N) is 1. The predicted molar refractivity (Wildman–Crippen MR) is 224 cm³/mol. The summed E-state index contributed by atoms with van der Waals surface area (Å²) in [6.45, 7) is 0.789. The fourth-order valence-corrected chi connectivity index (χ4v) is 16.0. The average Bonchev–Trinajstić information content (AvgIpc) is 4.05. The molecule has 0 aromatic heterocycles. The van der Waals surface area contributed by atoms with Gasteiger partial charge in [-0.2, -0.15) is 0 Å². The summed E-state index contributed by atoms with van der Waals surface area (Å²) < 4.78 is 16.3. The highest BCUT2D eigenvalue weighted by atomic mass is 19.1. The summed E-state index contributed by atoms with van der Waals surface area (Å²) >= 11 is 0. The lowest BCUT2D eigenvalue weighted by Gasteiger charge is -2.46. The maximum Gasteiger partial charge on any atom is 0.146 e. The molecule has 1 heterocycles. The van der Waals surface area contributed by atoms with Gasteiger partial charge in [0.15, 0.2) is 0 Å². The van der Waals surface area contributed by atoms with Crippen LogP contribution in [0.15, 0.2) is 84.9 Å². The van der Waals surface area contributed by atoms with Crippen LogP contribution in [-0.2, 0) is 12.8 Å². The van der Waals surface area contributed by atoms with Crippen LogP contribution >= 0.6 is 0 Å². The monoisotopic (exact) mass is 693 g/mol. The third kappa shape index (κ3) is 2.00. The zero-order valence-corrected chi connectivity index (χ0v) is 29.3. The summed E-state index contributed by atoms with van der Waals surface area (Å²) in [6, 6.07) is 31.8. The lowest BCUT2D eigenvalue weighted by Crippen LogP contribution is -2.38. The van der Waals surface area contributed by atoms with Crippen LogP contribution < -0.4 is 10.1 Å². The maximum absolute atomic E-state index is 16.3. The molecule has 1 fully saturated rings. The van der Waals surface area contributed by atoms with E-state index in [0.717, 1.165) is 25.1 Å². The number of rotatable bonds is 2. The van der Waals surface area contributed by atoms with Gasteiger partial charge in [-0.05, 0) is 195 Å². The summed E-state index contributed by atoms with van der Waals surface area (Å²) in [5, 5.41) is 32.4. The molecule has 13 aromatic carbocycles. The van der Waals surface area contributed by atoms with E-state index in [4.69, 9.17) is 0 Å². The van der Waals surface area contributed by atoms with Gasteiger partial charge in [-0.3, -0.25) is 0 Å². The summed E-state index contributed by atoms with van der Waals surface area (Å²) in [5.41, 5.74) is 12.6. The highest BCUT2D eigenvalue weighted by molar-refractivity contribution is 6.62. The van der Waals surface area contributed by atoms with Gasteiger partial charge in [0, 0.05) is 23.8 Å². The third-order valence-electron chi connectivity index (χ3n) is 17.1. The Hall–Kier alpha value is -6.25. The van der Waals surface area contributed by atoms with E-state index in [9.17, 15) is 0 Å². The molecule has 0 bridgehead atoms. The molecule has 1 saturated heterocycles. The number of fused-ring (bicyclic) bond motifs is 1. The molecule has 13 aromatic rings. The first-order valence-corrected chi connectivity index (χ1v) is 20.3. The molecule has 6 aliphatic rings. The van der Waals surface area contributed by atoms with Crippen molar-refractivity contribution in [1.29, 1.82) is 0 Å². The SMILES string of the molecule is Fc1ccccc1N1CC2c3cc4c5c6c(cc7c8c6c6c9c%10c(c3c59)C3c5c(cc9cc%11cc(c%12c%11c%11c9c5c%10c%11c6c%128)C7)=CC23C1c1ccccc1)C4. The minimum Gasteiger partial charge on any atom is -0.361 e. The summed E-state index contributed by atoms with van der Waals surface area (Å²) in [6.07, 6.45) is 4.80. The van der Waals surface area contributed by atoms with Crippen molar-refractivity contribution in [1.82, 2.24) is 0 Å². The van der Waals surface area contributed by atoms with Crippen LogP contribution in [0.25, 0.3) is 114 Å². The van der Waals surface area contributed by atoms with E-state index in [1.54, 1.807) is 114 Å². The fraction of sp³-hybridized carbons (Fsp3) is 0.132. The molecular formula is C53H24FN. The number of hydrogen-bond acceptors (Lipinski definition) is 1. The second-order valence-electron chi connectivity index (χ2n) is 18.6. The van der Waals surface area contributed by atoms with Crippen molar-refractivity contribution in [3.63, 3.8) is 0 Å². The highest BCUT2D eigenvalue weighted by Crippen LogP contribution is 2.76. The van der Waals surface area contributed by atoms with E-state index < -0.39 is 0 Å².